The van der Waals surface area contributed by atoms with Crippen molar-refractivity contribution in [3.63, 3.8) is 0 Å². The van der Waals surface area contributed by atoms with E-state index in [-0.39, 0.29) is 24.8 Å². The summed E-state index contributed by atoms with van der Waals surface area (Å²) in [7, 11) is -1.03. The molecule has 13 heavy (non-hydrogen) atoms. The van der Waals surface area contributed by atoms with Crippen molar-refractivity contribution >= 4 is 8.07 Å². The summed E-state index contributed by atoms with van der Waals surface area (Å²) in [4.78, 5) is 0. The molecule has 0 aliphatic heterocycles. The van der Waals surface area contributed by atoms with E-state index in [0.29, 0.717) is 0 Å². The molecule has 0 bridgehead atoms. The van der Waals surface area contributed by atoms with E-state index in [4.69, 9.17) is 0 Å². The minimum atomic E-state index is -1.03. The summed E-state index contributed by atoms with van der Waals surface area (Å²) in [5.41, 5.74) is 1.61. The van der Waals surface area contributed by atoms with Gasteiger partial charge in [0.15, 0.2) is 0 Å². The molecule has 0 amide bonds. The van der Waals surface area contributed by atoms with Gasteiger partial charge in [-0.2, -0.15) is 0 Å². The van der Waals surface area contributed by atoms with Crippen LogP contribution in [0.3, 0.4) is 0 Å². The van der Waals surface area contributed by atoms with Crippen LogP contribution in [0.4, 0.5) is 0 Å². The summed E-state index contributed by atoms with van der Waals surface area (Å²) in [6.07, 6.45) is 3.63. The molecular formula is C9H15Cl2SiTi. The molecule has 0 saturated heterocycles. The molecule has 0 fully saturated rings. The van der Waals surface area contributed by atoms with E-state index in [2.05, 4.69) is 53.1 Å². The zero-order chi connectivity index (χ0) is 8.65. The SMILES string of the molecule is CC1=C([Si](C)(C)C)C=[C]([Ti+2])C1.[Cl-].[Cl-]. The van der Waals surface area contributed by atoms with Gasteiger partial charge in [-0.15, -0.1) is 0 Å². The van der Waals surface area contributed by atoms with E-state index >= 15 is 0 Å². The number of hydrogen-bond donors (Lipinski definition) is 0. The first-order chi connectivity index (χ1) is 4.91. The van der Waals surface area contributed by atoms with Crippen LogP contribution in [0.5, 0.6) is 0 Å². The number of allylic oxidation sites excluding steroid dienone is 4. The predicted molar refractivity (Wildman–Crippen MR) is 48.7 cm³/mol. The summed E-state index contributed by atoms with van der Waals surface area (Å²) >= 11 is 2.23. The average molecular weight is 270 g/mol. The van der Waals surface area contributed by atoms with Crippen molar-refractivity contribution in [1.82, 2.24) is 0 Å². The number of rotatable bonds is 1. The average Bonchev–Trinajstić information content (AvgIpc) is 2.08. The summed E-state index contributed by atoms with van der Waals surface area (Å²) in [5, 5.41) is 1.68. The standard InChI is InChI=1S/C9H15Si.2ClH.Ti/c1-8-6-5-7-9(8)10(2,3)4;;;/h7H,6H2,1-4H3;2*1H;/q;;;+2/p-2. The van der Waals surface area contributed by atoms with Gasteiger partial charge in [-0.25, -0.2) is 0 Å². The summed E-state index contributed by atoms with van der Waals surface area (Å²) in [6.45, 7) is 9.53. The summed E-state index contributed by atoms with van der Waals surface area (Å²) < 4.78 is 1.54. The first-order valence-corrected chi connectivity index (χ1v) is 8.32. The van der Waals surface area contributed by atoms with Crippen LogP contribution >= 0.6 is 0 Å². The Labute approximate surface area is 106 Å². The predicted octanol–water partition coefficient (Wildman–Crippen LogP) is -2.98. The Kier molecular flexibility index (Phi) is 7.29. The fourth-order valence-corrected chi connectivity index (χ4v) is 4.43. The van der Waals surface area contributed by atoms with Gasteiger partial charge < -0.3 is 24.8 Å². The Balaban J connectivity index is 0. The molecule has 4 heteroatoms. The van der Waals surface area contributed by atoms with Crippen molar-refractivity contribution in [3.8, 4) is 0 Å². The second kappa shape index (κ2) is 5.77. The summed E-state index contributed by atoms with van der Waals surface area (Å²) in [5.74, 6) is 0. The quantitative estimate of drug-likeness (QED) is 0.446. The Morgan fingerprint density at radius 1 is 1.23 bits per heavy atom. The Hall–Kier alpha value is 0.991. The van der Waals surface area contributed by atoms with Gasteiger partial charge in [-0.3, -0.25) is 0 Å². The minimum Gasteiger partial charge on any atom is -1.00 e. The van der Waals surface area contributed by atoms with Crippen molar-refractivity contribution in [1.29, 1.82) is 0 Å². The first kappa shape index (κ1) is 16.4. The summed E-state index contributed by atoms with van der Waals surface area (Å²) in [6, 6.07) is 0. The van der Waals surface area contributed by atoms with Crippen molar-refractivity contribution in [2.75, 3.05) is 0 Å². The molecule has 0 aromatic carbocycles. The van der Waals surface area contributed by atoms with Crippen LogP contribution in [-0.4, -0.2) is 8.07 Å². The molecule has 1 aliphatic carbocycles. The second-order valence-electron chi connectivity index (χ2n) is 4.29. The van der Waals surface area contributed by atoms with Gasteiger partial charge in [0.05, 0.1) is 0 Å². The van der Waals surface area contributed by atoms with E-state index in [1.165, 1.54) is 6.42 Å². The Morgan fingerprint density at radius 3 is 1.85 bits per heavy atom. The van der Waals surface area contributed by atoms with Crippen LogP contribution in [0.1, 0.15) is 13.3 Å². The van der Waals surface area contributed by atoms with Gasteiger partial charge in [0, 0.05) is 0 Å². The molecule has 0 saturated carbocycles. The zero-order valence-corrected chi connectivity index (χ0v) is 12.6. The molecule has 73 valence electrons. The van der Waals surface area contributed by atoms with Gasteiger partial charge >= 0.3 is 82.2 Å². The molecule has 0 atom stereocenters. The van der Waals surface area contributed by atoms with Gasteiger partial charge in [0.1, 0.15) is 0 Å². The van der Waals surface area contributed by atoms with Crippen molar-refractivity contribution < 1.29 is 45.2 Å². The third-order valence-corrected chi connectivity index (χ3v) is 4.73. The molecule has 0 aromatic rings. The maximum absolute atomic E-state index is 2.42. The third kappa shape index (κ3) is 4.35. The molecule has 0 aromatic heterocycles. The second-order valence-corrected chi connectivity index (χ2v) is 10.3. The molecule has 0 nitrogen and oxygen atoms in total. The van der Waals surface area contributed by atoms with Crippen molar-refractivity contribution in [2.45, 2.75) is 33.0 Å². The van der Waals surface area contributed by atoms with Crippen LogP contribution in [0.2, 0.25) is 19.6 Å². The molecular weight excluding hydrogens is 255 g/mol. The van der Waals surface area contributed by atoms with Crippen molar-refractivity contribution in [2.24, 2.45) is 0 Å². The zero-order valence-electron chi connectivity index (χ0n) is 8.54. The molecule has 0 radical (unpaired) electrons. The van der Waals surface area contributed by atoms with Gasteiger partial charge in [0.25, 0.3) is 0 Å². The molecule has 0 heterocycles. The maximum Gasteiger partial charge on any atom is -1.00 e. The third-order valence-electron chi connectivity index (χ3n) is 2.04. The van der Waals surface area contributed by atoms with Crippen LogP contribution in [0.15, 0.2) is 20.7 Å². The van der Waals surface area contributed by atoms with Crippen LogP contribution in [0, 0.1) is 0 Å². The maximum atomic E-state index is 2.42. The van der Waals surface area contributed by atoms with Gasteiger partial charge in [-0.1, -0.05) is 0 Å². The van der Waals surface area contributed by atoms with Crippen LogP contribution in [-0.2, 0) is 20.4 Å². The molecule has 1 rings (SSSR count). The first-order valence-electron chi connectivity index (χ1n) is 4.03. The van der Waals surface area contributed by atoms with E-state index in [0.717, 1.165) is 0 Å². The Bertz CT molecular complexity index is 238. The van der Waals surface area contributed by atoms with E-state index in [9.17, 15) is 0 Å². The topological polar surface area (TPSA) is 0 Å². The molecule has 1 aliphatic rings. The fourth-order valence-electron chi connectivity index (χ4n) is 1.59. The molecule has 0 spiro atoms. The number of halogens is 2. The van der Waals surface area contributed by atoms with Crippen LogP contribution in [0.25, 0.3) is 0 Å². The van der Waals surface area contributed by atoms with Crippen molar-refractivity contribution in [3.05, 3.63) is 20.7 Å². The largest absolute Gasteiger partial charge is 1.00 e. The van der Waals surface area contributed by atoms with E-state index in [1.807, 2.05) is 0 Å². The fraction of sp³-hybridized carbons (Fsp3) is 0.556. The van der Waals surface area contributed by atoms with E-state index < -0.39 is 8.07 Å². The number of hydrogen-bond acceptors (Lipinski definition) is 0. The molecule has 0 N–H and O–H groups in total. The minimum absolute atomic E-state index is 0. The van der Waals surface area contributed by atoms with Gasteiger partial charge in [0.2, 0.25) is 0 Å². The van der Waals surface area contributed by atoms with E-state index in [1.54, 1.807) is 14.6 Å². The van der Waals surface area contributed by atoms with Crippen LogP contribution < -0.4 is 24.8 Å². The normalized spacial score (nSPS) is 16.3. The Morgan fingerprint density at radius 2 is 1.69 bits per heavy atom. The van der Waals surface area contributed by atoms with Gasteiger partial charge in [-0.05, 0) is 0 Å². The monoisotopic (exact) mass is 269 g/mol. The smallest absolute Gasteiger partial charge is 1.00 e. The molecule has 0 unspecified atom stereocenters.